The van der Waals surface area contributed by atoms with Gasteiger partial charge in [-0.05, 0) is 51.0 Å². The lowest BCUT2D eigenvalue weighted by atomic mass is 10.1. The molecule has 3 rings (SSSR count). The molecule has 156 valence electrons. The molecule has 0 aliphatic carbocycles. The first-order valence-electron chi connectivity index (χ1n) is 8.94. The van der Waals surface area contributed by atoms with E-state index in [0.29, 0.717) is 23.6 Å². The van der Waals surface area contributed by atoms with Crippen LogP contribution in [0.3, 0.4) is 0 Å². The van der Waals surface area contributed by atoms with Crippen molar-refractivity contribution in [2.24, 2.45) is 7.05 Å². The molecule has 0 saturated carbocycles. The molecule has 29 heavy (non-hydrogen) atoms. The van der Waals surface area contributed by atoms with E-state index in [-0.39, 0.29) is 4.90 Å². The van der Waals surface area contributed by atoms with Crippen LogP contribution in [0.25, 0.3) is 11.0 Å². The van der Waals surface area contributed by atoms with Crippen LogP contribution in [0, 0.1) is 20.8 Å². The zero-order valence-electron chi connectivity index (χ0n) is 17.1. The zero-order valence-corrected chi connectivity index (χ0v) is 17.9. The third-order valence-electron chi connectivity index (χ3n) is 4.36. The van der Waals surface area contributed by atoms with Crippen molar-refractivity contribution in [2.45, 2.75) is 32.6 Å². The molecular weight excluding hydrogens is 394 g/mol. The number of imidazole rings is 1. The number of fused-ring (bicyclic) bond motifs is 1. The first-order valence-corrected chi connectivity index (χ1v) is 10.3. The van der Waals surface area contributed by atoms with Crippen molar-refractivity contribution in [1.82, 2.24) is 4.68 Å². The fourth-order valence-corrected chi connectivity index (χ4v) is 4.24. The van der Waals surface area contributed by atoms with E-state index in [1.165, 1.54) is 4.68 Å². The summed E-state index contributed by atoms with van der Waals surface area (Å²) in [6.07, 6.45) is 0. The summed E-state index contributed by atoms with van der Waals surface area (Å²) in [7, 11) is -2.54. The largest absolute Gasteiger partial charge is 0.744 e. The summed E-state index contributed by atoms with van der Waals surface area (Å²) in [5.41, 5.74) is 3.70. The number of hydrogen-bond donors (Lipinski definition) is 1. The van der Waals surface area contributed by atoms with Gasteiger partial charge in [0.15, 0.2) is 11.0 Å². The minimum absolute atomic E-state index is 0.0851. The highest BCUT2D eigenvalue weighted by Crippen LogP contribution is 2.20. The third-order valence-corrected chi connectivity index (χ3v) is 5.51. The Morgan fingerprint density at radius 2 is 1.72 bits per heavy atom. The molecule has 0 unspecified atom stereocenters. The van der Waals surface area contributed by atoms with Crippen LogP contribution < -0.4 is 10.4 Å². The number of para-hydroxylation sites is 2. The number of rotatable bonds is 3. The van der Waals surface area contributed by atoms with E-state index < -0.39 is 16.1 Å². The number of esters is 1. The fourth-order valence-electron chi connectivity index (χ4n) is 3.33. The molecule has 9 heteroatoms. The lowest BCUT2D eigenvalue weighted by molar-refractivity contribution is -0.648. The van der Waals surface area contributed by atoms with Gasteiger partial charge in [0.25, 0.3) is 0 Å². The van der Waals surface area contributed by atoms with Gasteiger partial charge in [0, 0.05) is 0 Å². The Hall–Kier alpha value is -2.91. The first-order chi connectivity index (χ1) is 13.5. The number of carbonyl (C=O) groups excluding carboxylic acids is 1. The van der Waals surface area contributed by atoms with Crippen molar-refractivity contribution in [1.29, 1.82) is 0 Å². The Balaban J connectivity index is 0.000000212. The number of carbonyl (C=O) groups is 1. The summed E-state index contributed by atoms with van der Waals surface area (Å²) in [6, 6.07) is 10.9. The molecule has 3 aromatic rings. The number of nitrogen functional groups attached to an aromatic ring is 1. The predicted octanol–water partition coefficient (Wildman–Crippen LogP) is 1.87. The SMILES string of the molecule is CCOC(=O)c1n(N)c2ccccc2[n+]1C.Cc1cc(C)c(S(=O)(=O)[O-])c(C)c1. The van der Waals surface area contributed by atoms with Crippen LogP contribution in [0.15, 0.2) is 41.3 Å². The summed E-state index contributed by atoms with van der Waals surface area (Å²) in [6.45, 7) is 7.22. The normalized spacial score (nSPS) is 11.1. The number of ether oxygens (including phenoxy) is 1. The van der Waals surface area contributed by atoms with Crippen molar-refractivity contribution >= 4 is 27.1 Å². The first kappa shape index (κ1) is 22.4. The van der Waals surface area contributed by atoms with Gasteiger partial charge in [-0.25, -0.2) is 17.8 Å². The molecule has 0 radical (unpaired) electrons. The Morgan fingerprint density at radius 3 is 2.21 bits per heavy atom. The molecule has 1 aromatic heterocycles. The van der Waals surface area contributed by atoms with Crippen molar-refractivity contribution in [2.75, 3.05) is 12.4 Å². The average molecular weight is 420 g/mol. The van der Waals surface area contributed by atoms with Crippen molar-refractivity contribution < 1.29 is 27.1 Å². The van der Waals surface area contributed by atoms with Crippen LogP contribution in [0.2, 0.25) is 0 Å². The van der Waals surface area contributed by atoms with Crippen LogP contribution in [0.1, 0.15) is 34.2 Å². The summed E-state index contributed by atoms with van der Waals surface area (Å²) in [5, 5.41) is 0. The monoisotopic (exact) mass is 419 g/mol. The molecule has 2 aromatic carbocycles. The highest BCUT2D eigenvalue weighted by molar-refractivity contribution is 7.85. The van der Waals surface area contributed by atoms with E-state index in [2.05, 4.69) is 0 Å². The van der Waals surface area contributed by atoms with Crippen LogP contribution in [-0.4, -0.2) is 30.2 Å². The van der Waals surface area contributed by atoms with Gasteiger partial charge in [-0.1, -0.05) is 29.8 Å². The maximum Gasteiger partial charge on any atom is 0.424 e. The van der Waals surface area contributed by atoms with Gasteiger partial charge >= 0.3 is 11.8 Å². The second kappa shape index (κ2) is 8.62. The number of nitrogens with zero attached hydrogens (tertiary/aromatic N) is 2. The second-order valence-corrected chi connectivity index (χ2v) is 7.96. The molecule has 1 heterocycles. The lowest BCUT2D eigenvalue weighted by Gasteiger charge is -2.14. The number of nitrogens with two attached hydrogens (primary N) is 1. The second-order valence-electron chi connectivity index (χ2n) is 6.64. The molecule has 0 aliphatic heterocycles. The Kier molecular flexibility index (Phi) is 6.66. The van der Waals surface area contributed by atoms with Gasteiger partial charge in [0.2, 0.25) is 0 Å². The topological polar surface area (TPSA) is 118 Å². The minimum atomic E-state index is -4.33. The van der Waals surface area contributed by atoms with Crippen LogP contribution in [0.4, 0.5) is 0 Å². The highest BCUT2D eigenvalue weighted by atomic mass is 32.2. The van der Waals surface area contributed by atoms with Gasteiger partial charge in [0.1, 0.15) is 10.1 Å². The molecule has 0 fully saturated rings. The van der Waals surface area contributed by atoms with E-state index in [4.69, 9.17) is 10.6 Å². The van der Waals surface area contributed by atoms with E-state index in [1.54, 1.807) is 44.5 Å². The number of benzene rings is 2. The molecule has 0 amide bonds. The molecule has 0 atom stereocenters. The lowest BCUT2D eigenvalue weighted by Crippen LogP contribution is -2.38. The maximum atomic E-state index is 11.7. The number of aromatic nitrogens is 2. The fraction of sp³-hybridized carbons (Fsp3) is 0.300. The van der Waals surface area contributed by atoms with Crippen molar-refractivity contribution in [3.05, 3.63) is 58.9 Å². The van der Waals surface area contributed by atoms with Crippen LogP contribution in [-0.2, 0) is 21.9 Å². The van der Waals surface area contributed by atoms with Crippen LogP contribution in [0.5, 0.6) is 0 Å². The van der Waals surface area contributed by atoms with Crippen molar-refractivity contribution in [3.8, 4) is 0 Å². The van der Waals surface area contributed by atoms with Gasteiger partial charge < -0.3 is 9.29 Å². The van der Waals surface area contributed by atoms with Gasteiger partial charge in [-0.15, -0.1) is 4.68 Å². The maximum absolute atomic E-state index is 11.7. The van der Waals surface area contributed by atoms with Gasteiger partial charge in [-0.3, -0.25) is 5.84 Å². The summed E-state index contributed by atoms with van der Waals surface area (Å²) < 4.78 is 40.5. The van der Waals surface area contributed by atoms with Gasteiger partial charge in [0.05, 0.1) is 18.6 Å². The third kappa shape index (κ3) is 4.75. The summed E-state index contributed by atoms with van der Waals surface area (Å²) >= 11 is 0. The molecule has 2 N–H and O–H groups in total. The van der Waals surface area contributed by atoms with E-state index >= 15 is 0 Å². The smallest absolute Gasteiger partial charge is 0.424 e. The standard InChI is InChI=1S/C11H13N3O2.C9H12O3S/c1-3-16-11(15)10-13(2)8-6-4-5-7-9(8)14(10)12;1-6-4-7(2)9(8(3)5-6)13(10,11)12/h4-7H,3H2,1-2H3,(H-,12,15);4-5H,1-3H3,(H,10,11,12). The average Bonchev–Trinajstić information content (AvgIpc) is 2.85. The minimum Gasteiger partial charge on any atom is -0.744 e. The van der Waals surface area contributed by atoms with Crippen LogP contribution >= 0.6 is 0 Å². The predicted molar refractivity (Wildman–Crippen MR) is 108 cm³/mol. The molecule has 0 aliphatic rings. The molecule has 0 bridgehead atoms. The molecule has 0 spiro atoms. The van der Waals surface area contributed by atoms with E-state index in [9.17, 15) is 17.8 Å². The van der Waals surface area contributed by atoms with E-state index in [1.807, 2.05) is 31.2 Å². The van der Waals surface area contributed by atoms with Gasteiger partial charge in [-0.2, -0.15) is 0 Å². The van der Waals surface area contributed by atoms with E-state index in [0.717, 1.165) is 16.6 Å². The molecule has 8 nitrogen and oxygen atoms in total. The summed E-state index contributed by atoms with van der Waals surface area (Å²) in [5.74, 6) is 5.79. The highest BCUT2D eigenvalue weighted by Gasteiger charge is 2.28. The van der Waals surface area contributed by atoms with Crippen molar-refractivity contribution in [3.63, 3.8) is 0 Å². The Morgan fingerprint density at radius 1 is 1.17 bits per heavy atom. The number of aryl methyl sites for hydroxylation is 4. The Labute approximate surface area is 170 Å². The quantitative estimate of drug-likeness (QED) is 0.300. The molecule has 0 saturated heterocycles. The molecular formula is C20H25N3O5S. The summed E-state index contributed by atoms with van der Waals surface area (Å²) in [4.78, 5) is 11.6. The Bertz CT molecular complexity index is 1100. The zero-order chi connectivity index (χ0) is 21.9. The number of hydrogen-bond acceptors (Lipinski definition) is 6.